The molecule has 1 aliphatic heterocycles. The van der Waals surface area contributed by atoms with E-state index in [2.05, 4.69) is 0 Å². The molecule has 1 aromatic rings. The molecule has 1 N–H and O–H groups in total. The Bertz CT molecular complexity index is 442. The highest BCUT2D eigenvalue weighted by atomic mass is 32.1. The highest BCUT2D eigenvalue weighted by molar-refractivity contribution is 7.09. The van der Waals surface area contributed by atoms with Crippen LogP contribution >= 0.6 is 11.3 Å². The Balaban J connectivity index is 1.67. The van der Waals surface area contributed by atoms with Crippen molar-refractivity contribution in [3.05, 3.63) is 22.4 Å². The Labute approximate surface area is 96.5 Å². The van der Waals surface area contributed by atoms with Crippen LogP contribution in [-0.4, -0.2) is 28.4 Å². The van der Waals surface area contributed by atoms with Crippen LogP contribution in [0.15, 0.2) is 17.5 Å². The van der Waals surface area contributed by atoms with Crippen LogP contribution in [0.1, 0.15) is 4.88 Å². The monoisotopic (exact) mass is 237 g/mol. The standard InChI is InChI=1S/C11H11NO3S/c13-10-8-7(9(8)11(14)15)5-12(10)4-6-2-1-3-16-6/h1-3,7-9H,4-5H2,(H,14,15). The number of nitrogens with zero attached hydrogens (tertiary/aromatic N) is 1. The minimum Gasteiger partial charge on any atom is -0.481 e. The number of carboxylic acids is 1. The molecule has 1 aromatic heterocycles. The molecule has 2 aliphatic rings. The van der Waals surface area contributed by atoms with Gasteiger partial charge in [0.25, 0.3) is 0 Å². The van der Waals surface area contributed by atoms with Gasteiger partial charge in [0.15, 0.2) is 0 Å². The number of likely N-dealkylation sites (tertiary alicyclic amines) is 1. The number of aliphatic carboxylic acids is 1. The Morgan fingerprint density at radius 3 is 2.94 bits per heavy atom. The third-order valence-corrected chi connectivity index (χ3v) is 4.27. The van der Waals surface area contributed by atoms with Gasteiger partial charge in [-0.05, 0) is 11.4 Å². The second kappa shape index (κ2) is 3.31. The van der Waals surface area contributed by atoms with Gasteiger partial charge >= 0.3 is 5.97 Å². The summed E-state index contributed by atoms with van der Waals surface area (Å²) in [6, 6.07) is 3.96. The topological polar surface area (TPSA) is 57.6 Å². The van der Waals surface area contributed by atoms with Gasteiger partial charge in [0.2, 0.25) is 5.91 Å². The molecule has 1 aliphatic carbocycles. The molecule has 1 amide bonds. The number of hydrogen-bond donors (Lipinski definition) is 1. The number of piperidine rings is 1. The zero-order valence-corrected chi connectivity index (χ0v) is 9.31. The number of thiophene rings is 1. The Morgan fingerprint density at radius 1 is 1.62 bits per heavy atom. The summed E-state index contributed by atoms with van der Waals surface area (Å²) in [5.41, 5.74) is 0. The van der Waals surface area contributed by atoms with Gasteiger partial charge in [-0.3, -0.25) is 9.59 Å². The van der Waals surface area contributed by atoms with Crippen LogP contribution in [0.4, 0.5) is 0 Å². The van der Waals surface area contributed by atoms with E-state index in [4.69, 9.17) is 5.11 Å². The van der Waals surface area contributed by atoms with Crippen molar-refractivity contribution in [3.8, 4) is 0 Å². The van der Waals surface area contributed by atoms with Gasteiger partial charge in [0.05, 0.1) is 18.4 Å². The Kier molecular flexibility index (Phi) is 2.04. The molecule has 3 unspecified atom stereocenters. The first-order valence-electron chi connectivity index (χ1n) is 5.22. The zero-order valence-electron chi connectivity index (χ0n) is 8.50. The predicted molar refractivity (Wildman–Crippen MR) is 57.8 cm³/mol. The lowest BCUT2D eigenvalue weighted by Crippen LogP contribution is -2.30. The summed E-state index contributed by atoms with van der Waals surface area (Å²) in [7, 11) is 0. The molecular weight excluding hydrogens is 226 g/mol. The first-order valence-corrected chi connectivity index (χ1v) is 6.10. The quantitative estimate of drug-likeness (QED) is 0.854. The molecule has 0 radical (unpaired) electrons. The number of hydrogen-bond acceptors (Lipinski definition) is 3. The van der Waals surface area contributed by atoms with E-state index in [1.165, 1.54) is 0 Å². The largest absolute Gasteiger partial charge is 0.481 e. The maximum atomic E-state index is 11.9. The summed E-state index contributed by atoms with van der Waals surface area (Å²) in [4.78, 5) is 25.6. The molecule has 1 saturated heterocycles. The van der Waals surface area contributed by atoms with Gasteiger partial charge in [-0.25, -0.2) is 0 Å². The predicted octanol–water partition coefficient (Wildman–Crippen LogP) is 1.04. The molecule has 5 heteroatoms. The second-order valence-corrected chi connectivity index (χ2v) is 5.38. The van der Waals surface area contributed by atoms with E-state index in [0.29, 0.717) is 13.1 Å². The molecule has 2 heterocycles. The van der Waals surface area contributed by atoms with Crippen LogP contribution in [0.5, 0.6) is 0 Å². The normalized spacial score (nSPS) is 31.6. The van der Waals surface area contributed by atoms with E-state index in [1.807, 2.05) is 17.5 Å². The lowest BCUT2D eigenvalue weighted by molar-refractivity contribution is -0.142. The zero-order chi connectivity index (χ0) is 11.3. The second-order valence-electron chi connectivity index (χ2n) is 4.35. The van der Waals surface area contributed by atoms with Crippen LogP contribution in [0.2, 0.25) is 0 Å². The molecule has 1 saturated carbocycles. The lowest BCUT2D eigenvalue weighted by Gasteiger charge is -2.18. The van der Waals surface area contributed by atoms with Gasteiger partial charge in [0, 0.05) is 17.3 Å². The molecule has 4 nitrogen and oxygen atoms in total. The van der Waals surface area contributed by atoms with Crippen LogP contribution in [-0.2, 0) is 16.1 Å². The maximum Gasteiger partial charge on any atom is 0.307 e. The van der Waals surface area contributed by atoms with Crippen molar-refractivity contribution in [2.45, 2.75) is 6.54 Å². The van der Waals surface area contributed by atoms with Crippen molar-refractivity contribution in [2.75, 3.05) is 6.54 Å². The number of fused-ring (bicyclic) bond motifs is 1. The third kappa shape index (κ3) is 1.35. The summed E-state index contributed by atoms with van der Waals surface area (Å²) in [6.07, 6.45) is 0. The number of carboxylic acid groups (broad SMARTS) is 1. The van der Waals surface area contributed by atoms with E-state index < -0.39 is 11.9 Å². The first-order chi connectivity index (χ1) is 7.68. The average Bonchev–Trinajstić information content (AvgIpc) is 2.56. The van der Waals surface area contributed by atoms with Gasteiger partial charge < -0.3 is 10.0 Å². The SMILES string of the molecule is O=C(O)C1C2CN(Cc3cccs3)C(=O)C21. The molecule has 0 bridgehead atoms. The van der Waals surface area contributed by atoms with E-state index in [1.54, 1.807) is 16.2 Å². The van der Waals surface area contributed by atoms with E-state index in [-0.39, 0.29) is 17.7 Å². The highest BCUT2D eigenvalue weighted by Gasteiger charge is 2.65. The summed E-state index contributed by atoms with van der Waals surface area (Å²) >= 11 is 1.62. The Hall–Kier alpha value is -1.36. The minimum absolute atomic E-state index is 0.0193. The van der Waals surface area contributed by atoms with Crippen LogP contribution in [0, 0.1) is 17.8 Å². The average molecular weight is 237 g/mol. The van der Waals surface area contributed by atoms with Crippen molar-refractivity contribution in [3.63, 3.8) is 0 Å². The number of carbonyl (C=O) groups is 2. The van der Waals surface area contributed by atoms with Crippen molar-refractivity contribution >= 4 is 23.2 Å². The van der Waals surface area contributed by atoms with Crippen molar-refractivity contribution in [1.82, 2.24) is 4.90 Å². The van der Waals surface area contributed by atoms with Gasteiger partial charge in [-0.2, -0.15) is 0 Å². The fourth-order valence-corrected chi connectivity index (χ4v) is 3.28. The molecule has 16 heavy (non-hydrogen) atoms. The summed E-state index contributed by atoms with van der Waals surface area (Å²) in [5, 5.41) is 10.8. The fraction of sp³-hybridized carbons (Fsp3) is 0.455. The highest BCUT2D eigenvalue weighted by Crippen LogP contribution is 2.52. The molecule has 0 aromatic carbocycles. The van der Waals surface area contributed by atoms with Gasteiger partial charge in [-0.15, -0.1) is 11.3 Å². The minimum atomic E-state index is -0.820. The van der Waals surface area contributed by atoms with Crippen molar-refractivity contribution in [1.29, 1.82) is 0 Å². The molecule has 0 spiro atoms. The van der Waals surface area contributed by atoms with E-state index in [9.17, 15) is 9.59 Å². The number of amides is 1. The van der Waals surface area contributed by atoms with Crippen molar-refractivity contribution in [2.24, 2.45) is 17.8 Å². The maximum absolute atomic E-state index is 11.9. The van der Waals surface area contributed by atoms with E-state index in [0.717, 1.165) is 4.88 Å². The molecule has 84 valence electrons. The summed E-state index contributed by atoms with van der Waals surface area (Å²) in [5.74, 6) is -1.39. The van der Waals surface area contributed by atoms with Crippen LogP contribution < -0.4 is 0 Å². The Morgan fingerprint density at radius 2 is 2.44 bits per heavy atom. The summed E-state index contributed by atoms with van der Waals surface area (Å²) in [6.45, 7) is 1.24. The number of carbonyl (C=O) groups excluding carboxylic acids is 1. The fourth-order valence-electron chi connectivity index (χ4n) is 2.56. The van der Waals surface area contributed by atoms with E-state index >= 15 is 0 Å². The van der Waals surface area contributed by atoms with Crippen LogP contribution in [0.3, 0.4) is 0 Å². The van der Waals surface area contributed by atoms with Gasteiger partial charge in [0.1, 0.15) is 0 Å². The number of rotatable bonds is 3. The first kappa shape index (κ1) is 9.84. The van der Waals surface area contributed by atoms with Crippen molar-refractivity contribution < 1.29 is 14.7 Å². The smallest absolute Gasteiger partial charge is 0.307 e. The van der Waals surface area contributed by atoms with Crippen LogP contribution in [0.25, 0.3) is 0 Å². The van der Waals surface area contributed by atoms with Gasteiger partial charge in [-0.1, -0.05) is 6.07 Å². The third-order valence-electron chi connectivity index (χ3n) is 3.41. The lowest BCUT2D eigenvalue weighted by atomic mass is 10.2. The molecular formula is C11H11NO3S. The molecule has 3 atom stereocenters. The molecule has 3 rings (SSSR count). The summed E-state index contributed by atoms with van der Waals surface area (Å²) < 4.78 is 0. The molecule has 2 fully saturated rings.